The van der Waals surface area contributed by atoms with Gasteiger partial charge in [0.05, 0.1) is 5.56 Å². The van der Waals surface area contributed by atoms with Gasteiger partial charge in [-0.1, -0.05) is 13.0 Å². The summed E-state index contributed by atoms with van der Waals surface area (Å²) in [4.78, 5) is 25.0. The quantitative estimate of drug-likeness (QED) is 0.924. The topological polar surface area (TPSA) is 66.8 Å². The Morgan fingerprint density at radius 2 is 2.19 bits per heavy atom. The minimum Gasteiger partial charge on any atom is -0.483 e. The molecule has 5 nitrogen and oxygen atoms in total. The molecule has 2 rings (SSSR count). The molecular weight excluding hydrogens is 270 g/mol. The van der Waals surface area contributed by atoms with Crippen LogP contribution in [0.25, 0.3) is 0 Å². The summed E-state index contributed by atoms with van der Waals surface area (Å²) in [5, 5.41) is 9.07. The van der Waals surface area contributed by atoms with E-state index in [4.69, 9.17) is 9.84 Å². The van der Waals surface area contributed by atoms with Gasteiger partial charge in [0.1, 0.15) is 5.75 Å². The van der Waals surface area contributed by atoms with Gasteiger partial charge in [0.15, 0.2) is 6.61 Å². The van der Waals surface area contributed by atoms with Crippen molar-refractivity contribution in [2.75, 3.05) is 19.7 Å². The summed E-state index contributed by atoms with van der Waals surface area (Å²) < 4.78 is 5.52. The van der Waals surface area contributed by atoms with Gasteiger partial charge in [0.25, 0.3) is 5.91 Å². The number of carboxylic acids is 1. The number of aromatic carboxylic acids is 1. The van der Waals surface area contributed by atoms with Crippen LogP contribution in [0.1, 0.15) is 35.7 Å². The van der Waals surface area contributed by atoms with E-state index in [-0.39, 0.29) is 18.1 Å². The predicted molar refractivity (Wildman–Crippen MR) is 78.6 cm³/mol. The van der Waals surface area contributed by atoms with E-state index in [0.29, 0.717) is 17.2 Å². The van der Waals surface area contributed by atoms with E-state index < -0.39 is 5.97 Å². The lowest BCUT2D eigenvalue weighted by Gasteiger charge is -2.30. The Labute approximate surface area is 124 Å². The predicted octanol–water partition coefficient (Wildman–Crippen LogP) is 2.33. The largest absolute Gasteiger partial charge is 0.483 e. The van der Waals surface area contributed by atoms with Gasteiger partial charge in [-0.3, -0.25) is 4.79 Å². The summed E-state index contributed by atoms with van der Waals surface area (Å²) in [5.41, 5.74) is 0.747. The molecule has 0 saturated carbocycles. The summed E-state index contributed by atoms with van der Waals surface area (Å²) in [7, 11) is 0. The summed E-state index contributed by atoms with van der Waals surface area (Å²) in [6, 6.07) is 4.84. The number of amides is 1. The lowest BCUT2D eigenvalue weighted by atomic mass is 10.0. The molecule has 114 valence electrons. The molecule has 1 aliphatic heterocycles. The lowest BCUT2D eigenvalue weighted by Crippen LogP contribution is -2.41. The molecule has 1 unspecified atom stereocenters. The van der Waals surface area contributed by atoms with E-state index in [9.17, 15) is 9.59 Å². The fraction of sp³-hybridized carbons (Fsp3) is 0.500. The number of likely N-dealkylation sites (tertiary alicyclic amines) is 1. The second kappa shape index (κ2) is 6.61. The van der Waals surface area contributed by atoms with Gasteiger partial charge in [-0.25, -0.2) is 4.79 Å². The fourth-order valence-electron chi connectivity index (χ4n) is 2.65. The molecule has 0 bridgehead atoms. The first kappa shape index (κ1) is 15.4. The number of nitrogens with zero attached hydrogens (tertiary/aromatic N) is 1. The van der Waals surface area contributed by atoms with Crippen LogP contribution in [0, 0.1) is 12.8 Å². The van der Waals surface area contributed by atoms with Crippen LogP contribution < -0.4 is 4.74 Å². The van der Waals surface area contributed by atoms with Gasteiger partial charge >= 0.3 is 5.97 Å². The highest BCUT2D eigenvalue weighted by Crippen LogP contribution is 2.22. The van der Waals surface area contributed by atoms with E-state index in [1.807, 2.05) is 4.90 Å². The molecule has 0 radical (unpaired) electrons. The number of carboxylic acid groups (broad SMARTS) is 1. The smallest absolute Gasteiger partial charge is 0.336 e. The maximum atomic E-state index is 12.1. The average molecular weight is 291 g/mol. The Hall–Kier alpha value is -2.04. The van der Waals surface area contributed by atoms with E-state index in [1.165, 1.54) is 6.07 Å². The molecule has 0 aromatic heterocycles. The molecular formula is C16H21NO4. The average Bonchev–Trinajstić information content (AvgIpc) is 2.45. The summed E-state index contributed by atoms with van der Waals surface area (Å²) in [6.07, 6.45) is 2.19. The van der Waals surface area contributed by atoms with Gasteiger partial charge in [0.2, 0.25) is 0 Å². The molecule has 1 heterocycles. The Kier molecular flexibility index (Phi) is 4.83. The minimum absolute atomic E-state index is 0.0401. The number of hydrogen-bond acceptors (Lipinski definition) is 3. The van der Waals surface area contributed by atoms with E-state index in [0.717, 1.165) is 25.9 Å². The van der Waals surface area contributed by atoms with Crippen LogP contribution in [-0.4, -0.2) is 41.6 Å². The highest BCUT2D eigenvalue weighted by atomic mass is 16.5. The second-order valence-corrected chi connectivity index (χ2v) is 5.61. The summed E-state index contributed by atoms with van der Waals surface area (Å²) in [6.45, 7) is 5.33. The fourth-order valence-corrected chi connectivity index (χ4v) is 2.65. The third-order valence-electron chi connectivity index (χ3n) is 3.88. The zero-order valence-electron chi connectivity index (χ0n) is 12.5. The Morgan fingerprint density at radius 1 is 1.43 bits per heavy atom. The number of carbonyl (C=O) groups is 2. The van der Waals surface area contributed by atoms with Crippen LogP contribution in [0.5, 0.6) is 5.75 Å². The first-order valence-electron chi connectivity index (χ1n) is 7.22. The molecule has 1 aliphatic rings. The molecule has 0 spiro atoms. The van der Waals surface area contributed by atoms with Crippen LogP contribution in [-0.2, 0) is 4.79 Å². The standard InChI is InChI=1S/C16H21NO4/c1-11-5-4-8-17(9-11)15(18)10-21-14-7-3-6-13(12(14)2)16(19)20/h3,6-7,11H,4-5,8-10H2,1-2H3,(H,19,20). The molecule has 1 amide bonds. The maximum Gasteiger partial charge on any atom is 0.336 e. The monoisotopic (exact) mass is 291 g/mol. The number of benzene rings is 1. The molecule has 0 aliphatic carbocycles. The van der Waals surface area contributed by atoms with Crippen molar-refractivity contribution in [2.45, 2.75) is 26.7 Å². The molecule has 21 heavy (non-hydrogen) atoms. The molecule has 5 heteroatoms. The molecule has 1 fully saturated rings. The van der Waals surface area contributed by atoms with Crippen molar-refractivity contribution in [3.05, 3.63) is 29.3 Å². The van der Waals surface area contributed by atoms with Crippen LogP contribution in [0.3, 0.4) is 0 Å². The van der Waals surface area contributed by atoms with Crippen molar-refractivity contribution in [1.29, 1.82) is 0 Å². The van der Waals surface area contributed by atoms with E-state index in [2.05, 4.69) is 6.92 Å². The molecule has 1 aromatic carbocycles. The van der Waals surface area contributed by atoms with E-state index >= 15 is 0 Å². The molecule has 1 aromatic rings. The van der Waals surface area contributed by atoms with Gasteiger partial charge < -0.3 is 14.7 Å². The van der Waals surface area contributed by atoms with Crippen molar-refractivity contribution in [3.8, 4) is 5.75 Å². The molecule has 1 saturated heterocycles. The van der Waals surface area contributed by atoms with Crippen LogP contribution in [0.2, 0.25) is 0 Å². The Morgan fingerprint density at radius 3 is 2.86 bits per heavy atom. The second-order valence-electron chi connectivity index (χ2n) is 5.61. The van der Waals surface area contributed by atoms with Crippen molar-refractivity contribution in [3.63, 3.8) is 0 Å². The first-order valence-corrected chi connectivity index (χ1v) is 7.22. The van der Waals surface area contributed by atoms with Crippen LogP contribution in [0.15, 0.2) is 18.2 Å². The first-order chi connectivity index (χ1) is 9.99. The molecule has 1 atom stereocenters. The number of carbonyl (C=O) groups excluding carboxylic acids is 1. The van der Waals surface area contributed by atoms with Gasteiger partial charge in [-0.05, 0) is 37.8 Å². The van der Waals surface area contributed by atoms with Crippen LogP contribution in [0.4, 0.5) is 0 Å². The SMILES string of the molecule is Cc1c(OCC(=O)N2CCCC(C)C2)cccc1C(=O)O. The zero-order chi connectivity index (χ0) is 15.4. The third-order valence-corrected chi connectivity index (χ3v) is 3.88. The van der Waals surface area contributed by atoms with Gasteiger partial charge in [-0.2, -0.15) is 0 Å². The van der Waals surface area contributed by atoms with Crippen LogP contribution >= 0.6 is 0 Å². The van der Waals surface area contributed by atoms with Gasteiger partial charge in [-0.15, -0.1) is 0 Å². The highest BCUT2D eigenvalue weighted by Gasteiger charge is 2.21. The maximum absolute atomic E-state index is 12.1. The Bertz CT molecular complexity index is 541. The van der Waals surface area contributed by atoms with Gasteiger partial charge in [0, 0.05) is 18.7 Å². The number of ether oxygens (including phenoxy) is 1. The number of rotatable bonds is 4. The number of hydrogen-bond donors (Lipinski definition) is 1. The van der Waals surface area contributed by atoms with E-state index in [1.54, 1.807) is 19.1 Å². The highest BCUT2D eigenvalue weighted by molar-refractivity contribution is 5.90. The Balaban J connectivity index is 1.98. The minimum atomic E-state index is -0.992. The third kappa shape index (κ3) is 3.74. The van der Waals surface area contributed by atoms with Crippen molar-refractivity contribution < 1.29 is 19.4 Å². The normalized spacial score (nSPS) is 18.4. The summed E-state index contributed by atoms with van der Waals surface area (Å²) >= 11 is 0. The zero-order valence-corrected chi connectivity index (χ0v) is 12.5. The van der Waals surface area contributed by atoms with Crippen molar-refractivity contribution in [2.24, 2.45) is 5.92 Å². The number of piperidine rings is 1. The lowest BCUT2D eigenvalue weighted by molar-refractivity contribution is -0.135. The van der Waals surface area contributed by atoms with Crippen molar-refractivity contribution >= 4 is 11.9 Å². The van der Waals surface area contributed by atoms with Crippen molar-refractivity contribution in [1.82, 2.24) is 4.90 Å². The molecule has 1 N–H and O–H groups in total. The summed E-state index contributed by atoms with van der Waals surface area (Å²) in [5.74, 6) is -0.0520.